The second kappa shape index (κ2) is 5.89. The Bertz CT molecular complexity index is 381. The molecule has 1 aromatic rings. The minimum atomic E-state index is 0. The molecule has 1 unspecified atom stereocenters. The molecule has 0 saturated carbocycles. The number of morpholine rings is 1. The highest BCUT2D eigenvalue weighted by atomic mass is 35.5. The van der Waals surface area contributed by atoms with E-state index in [4.69, 9.17) is 10.5 Å². The first kappa shape index (κ1) is 13.8. The van der Waals surface area contributed by atoms with Gasteiger partial charge in [-0.05, 0) is 31.2 Å². The zero-order chi connectivity index (χ0) is 11.5. The zero-order valence-electron chi connectivity index (χ0n) is 9.76. The quantitative estimate of drug-likeness (QED) is 0.776. The second-order valence-corrected chi connectivity index (χ2v) is 4.05. The van der Waals surface area contributed by atoms with Crippen LogP contribution in [-0.4, -0.2) is 36.6 Å². The Hall–Kier alpha value is -1.26. The fraction of sp³-hybridized carbons (Fsp3) is 0.417. The molecule has 0 bridgehead atoms. The third-order valence-electron chi connectivity index (χ3n) is 2.69. The van der Waals surface area contributed by atoms with Crippen LogP contribution in [0, 0.1) is 0 Å². The van der Waals surface area contributed by atoms with Gasteiger partial charge >= 0.3 is 0 Å². The number of anilines is 1. The molecule has 1 atom stereocenters. The Morgan fingerprint density at radius 3 is 2.65 bits per heavy atom. The van der Waals surface area contributed by atoms with Crippen LogP contribution in [0.15, 0.2) is 24.3 Å². The van der Waals surface area contributed by atoms with Crippen LogP contribution in [0.5, 0.6) is 0 Å². The molecule has 1 heterocycles. The highest BCUT2D eigenvalue weighted by Gasteiger charge is 2.22. The molecule has 1 aliphatic heterocycles. The minimum Gasteiger partial charge on any atom is -0.399 e. The van der Waals surface area contributed by atoms with Crippen LogP contribution in [-0.2, 0) is 4.74 Å². The molecular weight excluding hydrogens is 240 g/mol. The number of amides is 1. The number of rotatable bonds is 1. The number of halogens is 1. The van der Waals surface area contributed by atoms with Crippen LogP contribution in [0.1, 0.15) is 17.3 Å². The third kappa shape index (κ3) is 3.35. The maximum atomic E-state index is 12.1. The van der Waals surface area contributed by atoms with Gasteiger partial charge in [-0.25, -0.2) is 0 Å². The molecule has 0 aliphatic carbocycles. The number of ether oxygens (including phenoxy) is 1. The number of benzene rings is 1. The number of carbonyl (C=O) groups excluding carboxylic acids is 1. The van der Waals surface area contributed by atoms with Gasteiger partial charge in [-0.15, -0.1) is 12.4 Å². The summed E-state index contributed by atoms with van der Waals surface area (Å²) in [6.45, 7) is 3.90. The van der Waals surface area contributed by atoms with Crippen molar-refractivity contribution in [2.45, 2.75) is 13.0 Å². The van der Waals surface area contributed by atoms with Crippen molar-refractivity contribution < 1.29 is 9.53 Å². The van der Waals surface area contributed by atoms with E-state index in [1.807, 2.05) is 11.8 Å². The Morgan fingerprint density at radius 1 is 1.41 bits per heavy atom. The van der Waals surface area contributed by atoms with E-state index in [0.29, 0.717) is 30.9 Å². The van der Waals surface area contributed by atoms with Crippen LogP contribution < -0.4 is 5.73 Å². The predicted molar refractivity (Wildman–Crippen MR) is 69.4 cm³/mol. The summed E-state index contributed by atoms with van der Waals surface area (Å²) in [5, 5.41) is 0. The van der Waals surface area contributed by atoms with Gasteiger partial charge in [-0.3, -0.25) is 4.79 Å². The molecule has 94 valence electrons. The first-order valence-corrected chi connectivity index (χ1v) is 5.43. The van der Waals surface area contributed by atoms with Gasteiger partial charge in [-0.2, -0.15) is 0 Å². The predicted octanol–water partition coefficient (Wildman–Crippen LogP) is 1.55. The van der Waals surface area contributed by atoms with E-state index in [1.54, 1.807) is 24.3 Å². The zero-order valence-corrected chi connectivity index (χ0v) is 10.6. The molecule has 2 rings (SSSR count). The first-order chi connectivity index (χ1) is 7.66. The fourth-order valence-corrected chi connectivity index (χ4v) is 1.81. The molecule has 4 nitrogen and oxygen atoms in total. The van der Waals surface area contributed by atoms with Crippen molar-refractivity contribution in [1.82, 2.24) is 4.90 Å². The van der Waals surface area contributed by atoms with Gasteiger partial charge in [0.15, 0.2) is 0 Å². The van der Waals surface area contributed by atoms with Crippen LogP contribution in [0.2, 0.25) is 0 Å². The summed E-state index contributed by atoms with van der Waals surface area (Å²) in [7, 11) is 0. The number of hydrogen-bond acceptors (Lipinski definition) is 3. The van der Waals surface area contributed by atoms with E-state index in [2.05, 4.69) is 0 Å². The van der Waals surface area contributed by atoms with Crippen molar-refractivity contribution in [2.75, 3.05) is 25.4 Å². The minimum absolute atomic E-state index is 0. The Kier molecular flexibility index (Phi) is 4.78. The molecule has 2 N–H and O–H groups in total. The van der Waals surface area contributed by atoms with Gasteiger partial charge in [0.1, 0.15) is 0 Å². The van der Waals surface area contributed by atoms with Gasteiger partial charge < -0.3 is 15.4 Å². The van der Waals surface area contributed by atoms with E-state index in [-0.39, 0.29) is 24.4 Å². The van der Waals surface area contributed by atoms with Gasteiger partial charge in [0.25, 0.3) is 5.91 Å². The number of nitrogens with zero attached hydrogens (tertiary/aromatic N) is 1. The lowest BCUT2D eigenvalue weighted by Gasteiger charge is -2.31. The van der Waals surface area contributed by atoms with Crippen LogP contribution in [0.25, 0.3) is 0 Å². The summed E-state index contributed by atoms with van der Waals surface area (Å²) in [6.07, 6.45) is 0.117. The number of nitrogen functional groups attached to an aromatic ring is 1. The Morgan fingerprint density at radius 2 is 2.06 bits per heavy atom. The van der Waals surface area contributed by atoms with Crippen molar-refractivity contribution >= 4 is 24.0 Å². The maximum absolute atomic E-state index is 12.1. The standard InChI is InChI=1S/C12H16N2O2.ClH/c1-9-8-14(6-7-16-9)12(15)10-2-4-11(13)5-3-10;/h2-5,9H,6-8,13H2,1H3;1H. The average molecular weight is 257 g/mol. The lowest BCUT2D eigenvalue weighted by molar-refractivity contribution is -0.0124. The van der Waals surface area contributed by atoms with Crippen LogP contribution in [0.4, 0.5) is 5.69 Å². The van der Waals surface area contributed by atoms with Crippen molar-refractivity contribution in [1.29, 1.82) is 0 Å². The lowest BCUT2D eigenvalue weighted by atomic mass is 10.1. The SMILES string of the molecule is CC1CN(C(=O)c2ccc(N)cc2)CCO1.Cl. The van der Waals surface area contributed by atoms with Crippen molar-refractivity contribution in [3.63, 3.8) is 0 Å². The topological polar surface area (TPSA) is 55.6 Å². The summed E-state index contributed by atoms with van der Waals surface area (Å²) < 4.78 is 5.40. The van der Waals surface area contributed by atoms with Crippen molar-refractivity contribution in [3.05, 3.63) is 29.8 Å². The molecule has 0 spiro atoms. The number of nitrogens with two attached hydrogens (primary N) is 1. The van der Waals surface area contributed by atoms with Gasteiger partial charge in [-0.1, -0.05) is 0 Å². The molecule has 1 amide bonds. The molecular formula is C12H17ClN2O2. The highest BCUT2D eigenvalue weighted by Crippen LogP contribution is 2.12. The van der Waals surface area contributed by atoms with Crippen molar-refractivity contribution in [2.24, 2.45) is 0 Å². The van der Waals surface area contributed by atoms with E-state index in [9.17, 15) is 4.79 Å². The maximum Gasteiger partial charge on any atom is 0.254 e. The fourth-order valence-electron chi connectivity index (χ4n) is 1.81. The third-order valence-corrected chi connectivity index (χ3v) is 2.69. The van der Waals surface area contributed by atoms with E-state index in [1.165, 1.54) is 0 Å². The summed E-state index contributed by atoms with van der Waals surface area (Å²) in [5.74, 6) is 0.0511. The summed E-state index contributed by atoms with van der Waals surface area (Å²) >= 11 is 0. The summed E-state index contributed by atoms with van der Waals surface area (Å²) in [6, 6.07) is 7.02. The normalized spacial score (nSPS) is 19.6. The second-order valence-electron chi connectivity index (χ2n) is 4.05. The van der Waals surface area contributed by atoms with Gasteiger partial charge in [0.05, 0.1) is 12.7 Å². The average Bonchev–Trinajstić information content (AvgIpc) is 2.29. The number of hydrogen-bond donors (Lipinski definition) is 1. The molecule has 1 aromatic carbocycles. The largest absolute Gasteiger partial charge is 0.399 e. The monoisotopic (exact) mass is 256 g/mol. The molecule has 1 fully saturated rings. The Labute approximate surface area is 107 Å². The molecule has 0 aromatic heterocycles. The van der Waals surface area contributed by atoms with Crippen LogP contribution >= 0.6 is 12.4 Å². The molecule has 1 saturated heterocycles. The molecule has 5 heteroatoms. The molecule has 0 radical (unpaired) electrons. The smallest absolute Gasteiger partial charge is 0.254 e. The van der Waals surface area contributed by atoms with Gasteiger partial charge in [0.2, 0.25) is 0 Å². The van der Waals surface area contributed by atoms with Crippen molar-refractivity contribution in [3.8, 4) is 0 Å². The molecule has 17 heavy (non-hydrogen) atoms. The summed E-state index contributed by atoms with van der Waals surface area (Å²) in [4.78, 5) is 13.9. The number of carbonyl (C=O) groups is 1. The van der Waals surface area contributed by atoms with E-state index < -0.39 is 0 Å². The van der Waals surface area contributed by atoms with Crippen LogP contribution in [0.3, 0.4) is 0 Å². The van der Waals surface area contributed by atoms with E-state index in [0.717, 1.165) is 0 Å². The Balaban J connectivity index is 0.00000144. The highest BCUT2D eigenvalue weighted by molar-refractivity contribution is 5.94. The summed E-state index contributed by atoms with van der Waals surface area (Å²) in [5.41, 5.74) is 6.94. The lowest BCUT2D eigenvalue weighted by Crippen LogP contribution is -2.44. The first-order valence-electron chi connectivity index (χ1n) is 5.43. The molecule has 1 aliphatic rings. The van der Waals surface area contributed by atoms with E-state index >= 15 is 0 Å². The van der Waals surface area contributed by atoms with Gasteiger partial charge in [0, 0.05) is 24.3 Å².